The number of rotatable bonds is 10. The predicted octanol–water partition coefficient (Wildman–Crippen LogP) is 7.43. The lowest BCUT2D eigenvalue weighted by molar-refractivity contribution is -0.140. The van der Waals surface area contributed by atoms with E-state index in [4.69, 9.17) is 34.8 Å². The number of nitrogens with one attached hydrogen (secondary N) is 1. The van der Waals surface area contributed by atoms with Gasteiger partial charge < -0.3 is 10.2 Å². The van der Waals surface area contributed by atoms with Gasteiger partial charge in [-0.2, -0.15) is 0 Å². The molecule has 0 spiro atoms. The molecule has 0 heterocycles. The van der Waals surface area contributed by atoms with Crippen LogP contribution < -0.4 is 5.32 Å². The number of amides is 2. The molecule has 0 bridgehead atoms. The van der Waals surface area contributed by atoms with Crippen molar-refractivity contribution in [3.05, 3.63) is 105 Å². The summed E-state index contributed by atoms with van der Waals surface area (Å²) in [6.07, 6.45) is 0.374. The van der Waals surface area contributed by atoms with E-state index in [1.54, 1.807) is 23.1 Å². The van der Waals surface area contributed by atoms with E-state index in [9.17, 15) is 9.59 Å². The Balaban J connectivity index is 1.90. The first-order valence-corrected chi connectivity index (χ1v) is 14.2. The van der Waals surface area contributed by atoms with Crippen molar-refractivity contribution in [3.8, 4) is 0 Å². The molecule has 1 atom stereocenters. The zero-order valence-electron chi connectivity index (χ0n) is 21.1. The second-order valence-electron chi connectivity index (χ2n) is 9.82. The van der Waals surface area contributed by atoms with Gasteiger partial charge >= 0.3 is 0 Å². The maximum Gasteiger partial charge on any atom is 0.243 e. The van der Waals surface area contributed by atoms with Crippen molar-refractivity contribution >= 4 is 58.4 Å². The SMILES string of the molecule is CC(C)(C)NC(=O)[C@@H](Cc1ccccc1)N(Cc1ccc(Cl)cc1Cl)C(=O)CSCc1cccc(Cl)c1. The summed E-state index contributed by atoms with van der Waals surface area (Å²) in [7, 11) is 0. The number of carbonyl (C=O) groups is 2. The molecule has 0 saturated carbocycles. The average Bonchev–Trinajstić information content (AvgIpc) is 2.82. The summed E-state index contributed by atoms with van der Waals surface area (Å²) in [5, 5.41) is 4.68. The van der Waals surface area contributed by atoms with E-state index in [1.165, 1.54) is 11.8 Å². The lowest BCUT2D eigenvalue weighted by Crippen LogP contribution is -2.54. The van der Waals surface area contributed by atoms with Crippen LogP contribution in [0.5, 0.6) is 0 Å². The third kappa shape index (κ3) is 9.57. The van der Waals surface area contributed by atoms with Crippen molar-refractivity contribution in [2.45, 2.75) is 51.1 Å². The van der Waals surface area contributed by atoms with Gasteiger partial charge in [-0.1, -0.05) is 83.3 Å². The highest BCUT2D eigenvalue weighted by Crippen LogP contribution is 2.25. The van der Waals surface area contributed by atoms with Crippen molar-refractivity contribution in [1.82, 2.24) is 10.2 Å². The summed E-state index contributed by atoms with van der Waals surface area (Å²) < 4.78 is 0. The molecule has 196 valence electrons. The van der Waals surface area contributed by atoms with Crippen LogP contribution >= 0.6 is 46.6 Å². The summed E-state index contributed by atoms with van der Waals surface area (Å²) in [6.45, 7) is 5.95. The van der Waals surface area contributed by atoms with Crippen LogP contribution in [0.4, 0.5) is 0 Å². The molecule has 8 heteroatoms. The van der Waals surface area contributed by atoms with Crippen LogP contribution in [0.1, 0.15) is 37.5 Å². The van der Waals surface area contributed by atoms with Crippen LogP contribution in [-0.2, 0) is 28.3 Å². The first-order valence-electron chi connectivity index (χ1n) is 11.9. The second kappa shape index (κ2) is 13.6. The minimum atomic E-state index is -0.729. The molecule has 1 N–H and O–H groups in total. The maximum absolute atomic E-state index is 13.7. The molecule has 0 radical (unpaired) electrons. The van der Waals surface area contributed by atoms with E-state index < -0.39 is 11.6 Å². The first-order chi connectivity index (χ1) is 17.5. The molecule has 0 saturated heterocycles. The maximum atomic E-state index is 13.7. The van der Waals surface area contributed by atoms with Crippen molar-refractivity contribution in [3.63, 3.8) is 0 Å². The Bertz CT molecular complexity index is 1220. The lowest BCUT2D eigenvalue weighted by atomic mass is 10.0. The third-order valence-electron chi connectivity index (χ3n) is 5.51. The Labute approximate surface area is 238 Å². The van der Waals surface area contributed by atoms with Gasteiger partial charge in [-0.05, 0) is 61.7 Å². The molecule has 37 heavy (non-hydrogen) atoms. The summed E-state index contributed by atoms with van der Waals surface area (Å²) in [5.74, 6) is 0.461. The molecule has 0 unspecified atom stereocenters. The van der Waals surface area contributed by atoms with E-state index in [1.807, 2.05) is 75.4 Å². The molecule has 0 aliphatic heterocycles. The van der Waals surface area contributed by atoms with Crippen LogP contribution in [0.25, 0.3) is 0 Å². The van der Waals surface area contributed by atoms with Gasteiger partial charge in [-0.25, -0.2) is 0 Å². The molecule has 2 amide bonds. The number of carbonyl (C=O) groups excluding carboxylic acids is 2. The van der Waals surface area contributed by atoms with Gasteiger partial charge in [0.05, 0.1) is 5.75 Å². The van der Waals surface area contributed by atoms with E-state index in [0.29, 0.717) is 27.2 Å². The standard InChI is InChI=1S/C29H31Cl3N2O2S/c1-29(2,3)33-28(36)26(15-20-8-5-4-6-9-20)34(17-22-12-13-24(31)16-25(22)32)27(35)19-37-18-21-10-7-11-23(30)14-21/h4-14,16,26H,15,17-19H2,1-3H3,(H,33,36)/t26-/m1/s1. The van der Waals surface area contributed by atoms with Crippen molar-refractivity contribution in [1.29, 1.82) is 0 Å². The van der Waals surface area contributed by atoms with Crippen LogP contribution in [0.3, 0.4) is 0 Å². The van der Waals surface area contributed by atoms with Gasteiger partial charge in [0.25, 0.3) is 0 Å². The highest BCUT2D eigenvalue weighted by Gasteiger charge is 2.32. The topological polar surface area (TPSA) is 49.4 Å². The molecule has 0 aliphatic carbocycles. The Kier molecular flexibility index (Phi) is 10.8. The predicted molar refractivity (Wildman–Crippen MR) is 156 cm³/mol. The second-order valence-corrected chi connectivity index (χ2v) is 12.1. The van der Waals surface area contributed by atoms with Gasteiger partial charge in [-0.3, -0.25) is 9.59 Å². The normalized spacial score (nSPS) is 12.2. The number of nitrogens with zero attached hydrogens (tertiary/aromatic N) is 1. The van der Waals surface area contributed by atoms with Crippen LogP contribution in [-0.4, -0.2) is 34.0 Å². The zero-order chi connectivity index (χ0) is 27.0. The van der Waals surface area contributed by atoms with E-state index in [2.05, 4.69) is 5.32 Å². The molecule has 3 aromatic rings. The van der Waals surface area contributed by atoms with Crippen LogP contribution in [0, 0.1) is 0 Å². The van der Waals surface area contributed by atoms with Crippen LogP contribution in [0.2, 0.25) is 15.1 Å². The van der Waals surface area contributed by atoms with Crippen LogP contribution in [0.15, 0.2) is 72.8 Å². The van der Waals surface area contributed by atoms with Crippen molar-refractivity contribution in [2.24, 2.45) is 0 Å². The monoisotopic (exact) mass is 576 g/mol. The van der Waals surface area contributed by atoms with E-state index >= 15 is 0 Å². The zero-order valence-corrected chi connectivity index (χ0v) is 24.2. The Morgan fingerprint density at radius 1 is 0.892 bits per heavy atom. The van der Waals surface area contributed by atoms with Gasteiger partial charge in [0.1, 0.15) is 6.04 Å². The molecular weight excluding hydrogens is 547 g/mol. The van der Waals surface area contributed by atoms with Gasteiger partial charge in [0, 0.05) is 39.3 Å². The van der Waals surface area contributed by atoms with Gasteiger partial charge in [0.15, 0.2) is 0 Å². The third-order valence-corrected chi connectivity index (χ3v) is 7.32. The highest BCUT2D eigenvalue weighted by molar-refractivity contribution is 7.99. The van der Waals surface area contributed by atoms with Crippen molar-refractivity contribution in [2.75, 3.05) is 5.75 Å². The van der Waals surface area contributed by atoms with Gasteiger partial charge in [-0.15, -0.1) is 11.8 Å². The van der Waals surface area contributed by atoms with Gasteiger partial charge in [0.2, 0.25) is 11.8 Å². The average molecular weight is 578 g/mol. The fourth-order valence-electron chi connectivity index (χ4n) is 3.81. The fourth-order valence-corrected chi connectivity index (χ4v) is 5.35. The lowest BCUT2D eigenvalue weighted by Gasteiger charge is -2.34. The molecule has 3 rings (SSSR count). The molecule has 0 fully saturated rings. The molecule has 0 aromatic heterocycles. The minimum absolute atomic E-state index is 0.150. The summed E-state index contributed by atoms with van der Waals surface area (Å²) >= 11 is 20.2. The highest BCUT2D eigenvalue weighted by atomic mass is 35.5. The Morgan fingerprint density at radius 2 is 1.57 bits per heavy atom. The first kappa shape index (κ1) is 29.4. The summed E-state index contributed by atoms with van der Waals surface area (Å²) in [6, 6.07) is 21.7. The Hall–Kier alpha value is -2.18. The fraction of sp³-hybridized carbons (Fsp3) is 0.310. The quantitative estimate of drug-likeness (QED) is 0.272. The molecular formula is C29H31Cl3N2O2S. The number of hydrogen-bond donors (Lipinski definition) is 1. The van der Waals surface area contributed by atoms with E-state index in [-0.39, 0.29) is 24.1 Å². The summed E-state index contributed by atoms with van der Waals surface area (Å²) in [4.78, 5) is 28.9. The smallest absolute Gasteiger partial charge is 0.243 e. The molecule has 4 nitrogen and oxygen atoms in total. The van der Waals surface area contributed by atoms with E-state index in [0.717, 1.165) is 16.7 Å². The molecule has 0 aliphatic rings. The number of halogens is 3. The number of thioether (sulfide) groups is 1. The minimum Gasteiger partial charge on any atom is -0.350 e. The Morgan fingerprint density at radius 3 is 2.22 bits per heavy atom. The van der Waals surface area contributed by atoms with Crippen molar-refractivity contribution < 1.29 is 9.59 Å². The molecule has 3 aromatic carbocycles. The number of hydrogen-bond acceptors (Lipinski definition) is 3. The number of benzene rings is 3. The largest absolute Gasteiger partial charge is 0.350 e. The summed E-state index contributed by atoms with van der Waals surface area (Å²) in [5.41, 5.74) is 2.26.